The monoisotopic (exact) mass is 449 g/mol. The third kappa shape index (κ3) is 4.16. The molecule has 2 heterocycles. The molecular weight excluding hydrogens is 428 g/mol. The molecule has 0 spiro atoms. The summed E-state index contributed by atoms with van der Waals surface area (Å²) in [5.74, 6) is -1.29. The van der Waals surface area contributed by atoms with E-state index in [0.29, 0.717) is 35.4 Å². The third-order valence-corrected chi connectivity index (χ3v) is 6.16. The first-order chi connectivity index (χ1) is 16.0. The van der Waals surface area contributed by atoms with Crippen LogP contribution in [0.15, 0.2) is 65.5 Å². The van der Waals surface area contributed by atoms with Gasteiger partial charge >= 0.3 is 0 Å². The first kappa shape index (κ1) is 21.1. The quantitative estimate of drug-likeness (QED) is 0.612. The van der Waals surface area contributed by atoms with Crippen molar-refractivity contribution in [3.8, 4) is 0 Å². The van der Waals surface area contributed by atoms with Gasteiger partial charge in [0, 0.05) is 30.6 Å². The number of carbonyl (C=O) groups excluding carboxylic acids is 2. The van der Waals surface area contributed by atoms with E-state index in [1.807, 2.05) is 0 Å². The maximum Gasteiger partial charge on any atom is 0.253 e. The van der Waals surface area contributed by atoms with Gasteiger partial charge in [0.2, 0.25) is 5.89 Å². The van der Waals surface area contributed by atoms with Gasteiger partial charge in [0.25, 0.3) is 5.91 Å². The minimum absolute atomic E-state index is 0.0270. The molecule has 1 N–H and O–H groups in total. The number of amides is 1. The highest BCUT2D eigenvalue weighted by atomic mass is 19.1. The zero-order valence-electron chi connectivity index (χ0n) is 17.6. The normalized spacial score (nSPS) is 18.2. The average Bonchev–Trinajstić information content (AvgIpc) is 3.30. The largest absolute Gasteiger partial charge is 0.447 e. The number of benzene rings is 2. The summed E-state index contributed by atoms with van der Waals surface area (Å²) >= 11 is 0. The van der Waals surface area contributed by atoms with Gasteiger partial charge in [-0.3, -0.25) is 9.59 Å². The molecule has 0 bridgehead atoms. The third-order valence-electron chi connectivity index (χ3n) is 6.16. The van der Waals surface area contributed by atoms with Crippen molar-refractivity contribution in [1.29, 1.82) is 0 Å². The molecule has 0 saturated heterocycles. The molecule has 0 radical (unpaired) electrons. The molecule has 3 aromatic rings. The molecule has 1 amide bonds. The van der Waals surface area contributed by atoms with E-state index in [1.165, 1.54) is 30.7 Å². The standard InChI is InChI=1S/C25H21F2N3O3/c26-16-4-1-3-15(11-16)24(18-7-8-22(18)31)29-25(32)20-13-30(14-23-28-9-10-33-23)12-19-17(20)5-2-6-21(19)27/h1-6,9-11,13,18,24H,7-8,12,14H2,(H,29,32)/t18?,24-/m1/s1. The highest BCUT2D eigenvalue weighted by molar-refractivity contribution is 6.20. The van der Waals surface area contributed by atoms with E-state index in [4.69, 9.17) is 4.42 Å². The van der Waals surface area contributed by atoms with Crippen LogP contribution in [0.25, 0.3) is 5.57 Å². The van der Waals surface area contributed by atoms with Gasteiger partial charge in [-0.1, -0.05) is 24.3 Å². The highest BCUT2D eigenvalue weighted by Crippen LogP contribution is 2.36. The van der Waals surface area contributed by atoms with Gasteiger partial charge in [0.05, 0.1) is 24.4 Å². The van der Waals surface area contributed by atoms with Crippen molar-refractivity contribution >= 4 is 17.3 Å². The molecule has 168 valence electrons. The molecule has 1 aliphatic carbocycles. The van der Waals surface area contributed by atoms with Crippen LogP contribution in [0.5, 0.6) is 0 Å². The van der Waals surface area contributed by atoms with E-state index in [2.05, 4.69) is 10.3 Å². The van der Waals surface area contributed by atoms with Crippen molar-refractivity contribution < 1.29 is 22.8 Å². The number of fused-ring (bicyclic) bond motifs is 1. The number of hydrogen-bond acceptors (Lipinski definition) is 5. The number of rotatable bonds is 6. The Hall–Kier alpha value is -3.81. The molecule has 2 atom stereocenters. The Morgan fingerprint density at radius 1 is 1.24 bits per heavy atom. The van der Waals surface area contributed by atoms with Gasteiger partial charge in [0.1, 0.15) is 23.7 Å². The summed E-state index contributed by atoms with van der Waals surface area (Å²) in [6, 6.07) is 9.81. The van der Waals surface area contributed by atoms with Crippen molar-refractivity contribution in [2.45, 2.75) is 32.0 Å². The van der Waals surface area contributed by atoms with Gasteiger partial charge < -0.3 is 14.6 Å². The lowest BCUT2D eigenvalue weighted by atomic mass is 9.75. The second-order valence-corrected chi connectivity index (χ2v) is 8.26. The van der Waals surface area contributed by atoms with Crippen LogP contribution in [0.2, 0.25) is 0 Å². The van der Waals surface area contributed by atoms with E-state index < -0.39 is 29.5 Å². The summed E-state index contributed by atoms with van der Waals surface area (Å²) in [7, 11) is 0. The van der Waals surface area contributed by atoms with Gasteiger partial charge in [-0.25, -0.2) is 13.8 Å². The van der Waals surface area contributed by atoms with E-state index in [9.17, 15) is 18.4 Å². The van der Waals surface area contributed by atoms with Crippen LogP contribution >= 0.6 is 0 Å². The Balaban J connectivity index is 1.48. The highest BCUT2D eigenvalue weighted by Gasteiger charge is 2.38. The fourth-order valence-corrected chi connectivity index (χ4v) is 4.38. The van der Waals surface area contributed by atoms with E-state index in [0.717, 1.165) is 0 Å². The van der Waals surface area contributed by atoms with Crippen LogP contribution in [0.4, 0.5) is 8.78 Å². The summed E-state index contributed by atoms with van der Waals surface area (Å²) in [6.07, 6.45) is 5.66. The lowest BCUT2D eigenvalue weighted by molar-refractivity contribution is -0.131. The molecule has 1 unspecified atom stereocenters. The second-order valence-electron chi connectivity index (χ2n) is 8.26. The summed E-state index contributed by atoms with van der Waals surface area (Å²) in [5, 5.41) is 2.92. The first-order valence-electron chi connectivity index (χ1n) is 10.7. The van der Waals surface area contributed by atoms with Gasteiger partial charge in [-0.2, -0.15) is 0 Å². The van der Waals surface area contributed by atoms with Crippen LogP contribution in [0.3, 0.4) is 0 Å². The number of oxazole rings is 1. The van der Waals surface area contributed by atoms with Crippen molar-refractivity contribution in [2.75, 3.05) is 0 Å². The lowest BCUT2D eigenvalue weighted by Gasteiger charge is -2.34. The number of aromatic nitrogens is 1. The second kappa shape index (κ2) is 8.61. The van der Waals surface area contributed by atoms with Gasteiger partial charge in [-0.05, 0) is 35.7 Å². The first-order valence-corrected chi connectivity index (χ1v) is 10.7. The number of nitrogens with one attached hydrogen (secondary N) is 1. The minimum Gasteiger partial charge on any atom is -0.447 e. The Kier molecular flexibility index (Phi) is 5.50. The molecule has 1 fully saturated rings. The molecule has 2 aromatic carbocycles. The number of carbonyl (C=O) groups is 2. The maximum atomic E-state index is 14.7. The fourth-order valence-electron chi connectivity index (χ4n) is 4.38. The number of Topliss-reactive ketones (excluding diaryl/α,β-unsaturated/α-hetero) is 1. The zero-order valence-corrected chi connectivity index (χ0v) is 17.6. The van der Waals surface area contributed by atoms with E-state index in [-0.39, 0.29) is 24.4 Å². The molecule has 1 saturated carbocycles. The van der Waals surface area contributed by atoms with Crippen LogP contribution in [0.1, 0.15) is 41.5 Å². The fraction of sp³-hybridized carbons (Fsp3) is 0.240. The number of halogens is 2. The molecule has 6 nitrogen and oxygen atoms in total. The SMILES string of the molecule is O=C(N[C@H](c1cccc(F)c1)C1CCC1=O)C1=CN(Cc2ncco2)Cc2c(F)cccc21. The molecule has 5 rings (SSSR count). The van der Waals surface area contributed by atoms with Gasteiger partial charge in [0.15, 0.2) is 0 Å². The van der Waals surface area contributed by atoms with Crippen LogP contribution in [-0.4, -0.2) is 21.6 Å². The summed E-state index contributed by atoms with van der Waals surface area (Å²) < 4.78 is 33.9. The Labute approximate surface area is 188 Å². The Morgan fingerprint density at radius 2 is 2.09 bits per heavy atom. The molecule has 8 heteroatoms. The lowest BCUT2D eigenvalue weighted by Crippen LogP contribution is -2.42. The molecule has 1 aromatic heterocycles. The van der Waals surface area contributed by atoms with Crippen molar-refractivity contribution in [3.63, 3.8) is 0 Å². The number of hydrogen-bond donors (Lipinski definition) is 1. The predicted molar refractivity (Wildman–Crippen MR) is 115 cm³/mol. The summed E-state index contributed by atoms with van der Waals surface area (Å²) in [6.45, 7) is 0.502. The van der Waals surface area contributed by atoms with Crippen LogP contribution < -0.4 is 5.32 Å². The molecular formula is C25H21F2N3O3. The zero-order chi connectivity index (χ0) is 22.9. The average molecular weight is 449 g/mol. The van der Waals surface area contributed by atoms with Crippen molar-refractivity contribution in [3.05, 3.63) is 95.3 Å². The Morgan fingerprint density at radius 3 is 2.79 bits per heavy atom. The summed E-state index contributed by atoms with van der Waals surface area (Å²) in [4.78, 5) is 31.5. The van der Waals surface area contributed by atoms with Gasteiger partial charge in [-0.15, -0.1) is 0 Å². The van der Waals surface area contributed by atoms with Crippen LogP contribution in [-0.2, 0) is 22.7 Å². The predicted octanol–water partition coefficient (Wildman–Crippen LogP) is 4.15. The minimum atomic E-state index is -0.672. The molecule has 2 aliphatic rings. The van der Waals surface area contributed by atoms with Crippen molar-refractivity contribution in [2.24, 2.45) is 5.92 Å². The Bertz CT molecular complexity index is 1240. The van der Waals surface area contributed by atoms with Crippen LogP contribution in [0, 0.1) is 17.6 Å². The smallest absolute Gasteiger partial charge is 0.253 e. The van der Waals surface area contributed by atoms with E-state index >= 15 is 0 Å². The molecule has 1 aliphatic heterocycles. The van der Waals surface area contributed by atoms with E-state index in [1.54, 1.807) is 35.4 Å². The summed E-state index contributed by atoms with van der Waals surface area (Å²) in [5.41, 5.74) is 1.65. The van der Waals surface area contributed by atoms with Crippen molar-refractivity contribution in [1.82, 2.24) is 15.2 Å². The number of nitrogens with zero attached hydrogens (tertiary/aromatic N) is 2. The topological polar surface area (TPSA) is 75.4 Å². The maximum absolute atomic E-state index is 14.7. The number of ketones is 1. The molecule has 33 heavy (non-hydrogen) atoms.